The van der Waals surface area contributed by atoms with E-state index >= 15 is 0 Å². The van der Waals surface area contributed by atoms with E-state index in [1.807, 2.05) is 6.07 Å². The average Bonchev–Trinajstić information content (AvgIpc) is 2.76. The Kier molecular flexibility index (Phi) is 3.08. The zero-order valence-electron chi connectivity index (χ0n) is 8.48. The van der Waals surface area contributed by atoms with Gasteiger partial charge in [-0.2, -0.15) is 5.26 Å². The lowest BCUT2D eigenvalue weighted by Gasteiger charge is -2.02. The minimum atomic E-state index is -0.416. The number of anilines is 1. The molecule has 0 atom stereocenters. The maximum absolute atomic E-state index is 11.7. The van der Waals surface area contributed by atoms with E-state index < -0.39 is 5.91 Å². The third kappa shape index (κ3) is 2.44. The van der Waals surface area contributed by atoms with Crippen molar-refractivity contribution >= 4 is 23.3 Å². The number of pyridine rings is 1. The second-order valence-electron chi connectivity index (χ2n) is 3.11. The van der Waals surface area contributed by atoms with Crippen molar-refractivity contribution in [2.24, 2.45) is 0 Å². The van der Waals surface area contributed by atoms with Gasteiger partial charge in [-0.05, 0) is 29.8 Å². The SMILES string of the molecule is N#Cc1ccc(NC(=O)c2ccoc2Cl)nc1. The van der Waals surface area contributed by atoms with Gasteiger partial charge in [0, 0.05) is 6.20 Å². The van der Waals surface area contributed by atoms with Crippen LogP contribution in [0.2, 0.25) is 5.22 Å². The summed E-state index contributed by atoms with van der Waals surface area (Å²) < 4.78 is 4.80. The molecule has 0 aliphatic rings. The highest BCUT2D eigenvalue weighted by molar-refractivity contribution is 6.32. The van der Waals surface area contributed by atoms with Gasteiger partial charge < -0.3 is 9.73 Å². The van der Waals surface area contributed by atoms with E-state index in [0.29, 0.717) is 11.4 Å². The van der Waals surface area contributed by atoms with Crippen LogP contribution in [0, 0.1) is 11.3 Å². The Balaban J connectivity index is 2.14. The first-order chi connectivity index (χ1) is 8.20. The summed E-state index contributed by atoms with van der Waals surface area (Å²) in [5.41, 5.74) is 0.655. The Labute approximate surface area is 102 Å². The number of furan rings is 1. The quantitative estimate of drug-likeness (QED) is 0.884. The van der Waals surface area contributed by atoms with Gasteiger partial charge >= 0.3 is 0 Å². The van der Waals surface area contributed by atoms with Crippen LogP contribution in [0.15, 0.2) is 35.1 Å². The Morgan fingerprint density at radius 2 is 2.29 bits per heavy atom. The van der Waals surface area contributed by atoms with Crippen molar-refractivity contribution in [2.75, 3.05) is 5.32 Å². The Morgan fingerprint density at radius 1 is 1.47 bits per heavy atom. The number of halogens is 1. The molecule has 17 heavy (non-hydrogen) atoms. The van der Waals surface area contributed by atoms with E-state index in [1.165, 1.54) is 24.6 Å². The highest BCUT2D eigenvalue weighted by Gasteiger charge is 2.13. The second kappa shape index (κ2) is 4.68. The molecule has 0 bridgehead atoms. The average molecular weight is 248 g/mol. The fourth-order valence-electron chi connectivity index (χ4n) is 1.17. The van der Waals surface area contributed by atoms with Crippen molar-refractivity contribution < 1.29 is 9.21 Å². The summed E-state index contributed by atoms with van der Waals surface area (Å²) in [7, 11) is 0. The summed E-state index contributed by atoms with van der Waals surface area (Å²) in [5.74, 6) is -0.0766. The normalized spacial score (nSPS) is 9.65. The number of rotatable bonds is 2. The Bertz CT molecular complexity index is 584. The molecular formula is C11H6ClN3O2. The fourth-order valence-corrected chi connectivity index (χ4v) is 1.37. The number of aromatic nitrogens is 1. The van der Waals surface area contributed by atoms with E-state index in [0.717, 1.165) is 0 Å². The number of nitriles is 1. The lowest BCUT2D eigenvalue weighted by atomic mass is 10.3. The molecule has 84 valence electrons. The van der Waals surface area contributed by atoms with E-state index in [2.05, 4.69) is 10.3 Å². The minimum Gasteiger partial charge on any atom is -0.452 e. The first kappa shape index (κ1) is 11.2. The molecule has 6 heteroatoms. The molecule has 2 heterocycles. The summed E-state index contributed by atoms with van der Waals surface area (Å²) in [6, 6.07) is 6.48. The van der Waals surface area contributed by atoms with Crippen molar-refractivity contribution in [1.82, 2.24) is 4.98 Å². The van der Waals surface area contributed by atoms with Crippen LogP contribution >= 0.6 is 11.6 Å². The minimum absolute atomic E-state index is 0.0242. The van der Waals surface area contributed by atoms with Crippen molar-refractivity contribution in [2.45, 2.75) is 0 Å². The van der Waals surface area contributed by atoms with Crippen LogP contribution in [-0.2, 0) is 0 Å². The largest absolute Gasteiger partial charge is 0.452 e. The monoisotopic (exact) mass is 247 g/mol. The van der Waals surface area contributed by atoms with E-state index in [1.54, 1.807) is 6.07 Å². The number of carbonyl (C=O) groups excluding carboxylic acids is 1. The number of nitrogens with zero attached hydrogens (tertiary/aromatic N) is 2. The van der Waals surface area contributed by atoms with Gasteiger partial charge in [-0.25, -0.2) is 4.98 Å². The highest BCUT2D eigenvalue weighted by Crippen LogP contribution is 2.17. The van der Waals surface area contributed by atoms with Gasteiger partial charge in [0.25, 0.3) is 5.91 Å². The topological polar surface area (TPSA) is 78.9 Å². The van der Waals surface area contributed by atoms with Crippen LogP contribution in [0.3, 0.4) is 0 Å². The molecule has 0 unspecified atom stereocenters. The molecule has 2 aromatic heterocycles. The van der Waals surface area contributed by atoms with Crippen LogP contribution in [0.25, 0.3) is 0 Å². The molecule has 0 aliphatic carbocycles. The first-order valence-electron chi connectivity index (χ1n) is 4.61. The van der Waals surface area contributed by atoms with E-state index in [9.17, 15) is 4.79 Å². The summed E-state index contributed by atoms with van der Waals surface area (Å²) in [4.78, 5) is 15.6. The third-order valence-corrected chi connectivity index (χ3v) is 2.29. The summed E-state index contributed by atoms with van der Waals surface area (Å²) in [6.45, 7) is 0. The zero-order chi connectivity index (χ0) is 12.3. The molecule has 0 saturated heterocycles. The van der Waals surface area contributed by atoms with E-state index in [4.69, 9.17) is 21.3 Å². The van der Waals surface area contributed by atoms with Gasteiger partial charge in [-0.3, -0.25) is 4.79 Å². The maximum atomic E-state index is 11.7. The van der Waals surface area contributed by atoms with Crippen LogP contribution in [-0.4, -0.2) is 10.9 Å². The van der Waals surface area contributed by atoms with Gasteiger partial charge in [0.05, 0.1) is 17.4 Å². The second-order valence-corrected chi connectivity index (χ2v) is 3.45. The molecule has 0 aromatic carbocycles. The van der Waals surface area contributed by atoms with Crippen LogP contribution in [0.4, 0.5) is 5.82 Å². The smallest absolute Gasteiger partial charge is 0.261 e. The first-order valence-corrected chi connectivity index (χ1v) is 4.99. The van der Waals surface area contributed by atoms with Gasteiger partial charge in [0.1, 0.15) is 11.9 Å². The Morgan fingerprint density at radius 3 is 2.82 bits per heavy atom. The Hall–Kier alpha value is -2.32. The lowest BCUT2D eigenvalue weighted by molar-refractivity contribution is 0.102. The van der Waals surface area contributed by atoms with Gasteiger partial charge in [0.2, 0.25) is 5.22 Å². The number of hydrogen-bond acceptors (Lipinski definition) is 4. The molecule has 0 saturated carbocycles. The number of amides is 1. The molecular weight excluding hydrogens is 242 g/mol. The highest BCUT2D eigenvalue weighted by atomic mass is 35.5. The van der Waals surface area contributed by atoms with Crippen LogP contribution in [0.1, 0.15) is 15.9 Å². The van der Waals surface area contributed by atoms with Crippen molar-refractivity contribution in [3.8, 4) is 6.07 Å². The van der Waals surface area contributed by atoms with Crippen molar-refractivity contribution in [1.29, 1.82) is 5.26 Å². The number of nitrogens with one attached hydrogen (secondary N) is 1. The predicted octanol–water partition coefficient (Wildman–Crippen LogP) is 2.45. The molecule has 2 aromatic rings. The molecule has 1 N–H and O–H groups in total. The maximum Gasteiger partial charge on any atom is 0.261 e. The van der Waals surface area contributed by atoms with Crippen molar-refractivity contribution in [3.63, 3.8) is 0 Å². The van der Waals surface area contributed by atoms with Crippen LogP contribution in [0.5, 0.6) is 0 Å². The molecule has 0 aliphatic heterocycles. The zero-order valence-corrected chi connectivity index (χ0v) is 9.23. The van der Waals surface area contributed by atoms with E-state index in [-0.39, 0.29) is 10.8 Å². The molecule has 0 fully saturated rings. The molecule has 2 rings (SSSR count). The lowest BCUT2D eigenvalue weighted by Crippen LogP contribution is -2.12. The molecule has 5 nitrogen and oxygen atoms in total. The van der Waals surface area contributed by atoms with Crippen molar-refractivity contribution in [3.05, 3.63) is 47.0 Å². The molecule has 0 radical (unpaired) electrons. The molecule has 0 spiro atoms. The number of hydrogen-bond donors (Lipinski definition) is 1. The predicted molar refractivity (Wildman–Crippen MR) is 60.6 cm³/mol. The summed E-state index contributed by atoms with van der Waals surface area (Å²) in [5, 5.41) is 11.1. The molecule has 1 amide bonds. The standard InChI is InChI=1S/C11H6ClN3O2/c12-10-8(3-4-17-10)11(16)15-9-2-1-7(5-13)6-14-9/h1-4,6H,(H,14,15,16). The number of carbonyl (C=O) groups is 1. The van der Waals surface area contributed by atoms with Crippen LogP contribution < -0.4 is 5.32 Å². The van der Waals surface area contributed by atoms with Gasteiger partial charge in [-0.1, -0.05) is 0 Å². The third-order valence-electron chi connectivity index (χ3n) is 2.00. The van der Waals surface area contributed by atoms with Gasteiger partial charge in [-0.15, -0.1) is 0 Å². The summed E-state index contributed by atoms with van der Waals surface area (Å²) >= 11 is 5.66. The fraction of sp³-hybridized carbons (Fsp3) is 0. The van der Waals surface area contributed by atoms with Gasteiger partial charge in [0.15, 0.2) is 0 Å². The summed E-state index contributed by atoms with van der Waals surface area (Å²) in [6.07, 6.45) is 2.69.